The van der Waals surface area contributed by atoms with E-state index in [-0.39, 0.29) is 0 Å². The molecule has 1 aliphatic heterocycles. The Bertz CT molecular complexity index is 431. The van der Waals surface area contributed by atoms with E-state index in [0.717, 1.165) is 43.7 Å². The van der Waals surface area contributed by atoms with Crippen molar-refractivity contribution in [3.8, 4) is 0 Å². The number of halogens is 2. The first-order valence-corrected chi connectivity index (χ1v) is 8.39. The third-order valence-corrected chi connectivity index (χ3v) is 4.54. The first-order valence-electron chi connectivity index (χ1n) is 7.06. The maximum atomic E-state index is 6.07. The van der Waals surface area contributed by atoms with E-state index in [1.807, 2.05) is 0 Å². The van der Waals surface area contributed by atoms with Crippen LogP contribution in [-0.2, 0) is 5.88 Å². The number of anilines is 1. The summed E-state index contributed by atoms with van der Waals surface area (Å²) in [4.78, 5) is 7.23. The lowest BCUT2D eigenvalue weighted by atomic mass is 10.1. The summed E-state index contributed by atoms with van der Waals surface area (Å²) in [6.07, 6.45) is 0. The van der Waals surface area contributed by atoms with Crippen LogP contribution < -0.4 is 4.90 Å². The van der Waals surface area contributed by atoms with Gasteiger partial charge in [0.05, 0.1) is 0 Å². The van der Waals surface area contributed by atoms with Crippen LogP contribution in [0, 0.1) is 0 Å². The molecule has 0 atom stereocenters. The lowest BCUT2D eigenvalue weighted by molar-refractivity contribution is 0.229. The normalized spacial score (nSPS) is 16.9. The number of rotatable bonds is 5. The van der Waals surface area contributed by atoms with Gasteiger partial charge in [0.15, 0.2) is 0 Å². The van der Waals surface area contributed by atoms with E-state index in [2.05, 4.69) is 62.9 Å². The second-order valence-electron chi connectivity index (χ2n) is 5.54. The molecule has 20 heavy (non-hydrogen) atoms. The summed E-state index contributed by atoms with van der Waals surface area (Å²) in [5.74, 6) is 0.565. The molecule has 1 aromatic rings. The Morgan fingerprint density at radius 2 is 1.90 bits per heavy atom. The fourth-order valence-electron chi connectivity index (χ4n) is 2.52. The van der Waals surface area contributed by atoms with Gasteiger partial charge in [-0.1, -0.05) is 15.9 Å². The van der Waals surface area contributed by atoms with Gasteiger partial charge in [-0.25, -0.2) is 0 Å². The highest BCUT2D eigenvalue weighted by atomic mass is 79.9. The molecule has 2 rings (SSSR count). The van der Waals surface area contributed by atoms with E-state index in [1.165, 1.54) is 11.3 Å². The number of benzene rings is 1. The lowest BCUT2D eigenvalue weighted by Gasteiger charge is -2.37. The van der Waals surface area contributed by atoms with Crippen LogP contribution in [0.15, 0.2) is 22.7 Å². The van der Waals surface area contributed by atoms with Crippen LogP contribution >= 0.6 is 27.5 Å². The summed E-state index contributed by atoms with van der Waals surface area (Å²) in [5.41, 5.74) is 2.50. The summed E-state index contributed by atoms with van der Waals surface area (Å²) in [5, 5.41) is 0. The van der Waals surface area contributed by atoms with E-state index in [4.69, 9.17) is 11.6 Å². The molecule has 1 aliphatic rings. The second kappa shape index (κ2) is 7.64. The SMILES string of the molecule is CN(C)CCN1CCN(c2ccc(Br)cc2CCl)CC1. The maximum Gasteiger partial charge on any atom is 0.0494 e. The Labute approximate surface area is 135 Å². The molecule has 3 nitrogen and oxygen atoms in total. The minimum atomic E-state index is 0.565. The smallest absolute Gasteiger partial charge is 0.0494 e. The van der Waals surface area contributed by atoms with E-state index in [1.54, 1.807) is 0 Å². The van der Waals surface area contributed by atoms with Gasteiger partial charge >= 0.3 is 0 Å². The second-order valence-corrected chi connectivity index (χ2v) is 6.72. The molecule has 1 heterocycles. The van der Waals surface area contributed by atoms with Gasteiger partial charge in [-0.15, -0.1) is 11.6 Å². The number of piperazine rings is 1. The predicted octanol–water partition coefficient (Wildman–Crippen LogP) is 2.87. The van der Waals surface area contributed by atoms with Crippen LogP contribution in [0.3, 0.4) is 0 Å². The molecule has 0 aliphatic carbocycles. The van der Waals surface area contributed by atoms with Crippen molar-refractivity contribution in [3.63, 3.8) is 0 Å². The average Bonchev–Trinajstić information content (AvgIpc) is 2.45. The first kappa shape index (κ1) is 16.1. The van der Waals surface area contributed by atoms with Crippen LogP contribution in [0.4, 0.5) is 5.69 Å². The molecule has 0 aromatic heterocycles. The Balaban J connectivity index is 1.93. The zero-order valence-electron chi connectivity index (χ0n) is 12.3. The van der Waals surface area contributed by atoms with E-state index < -0.39 is 0 Å². The molecule has 0 unspecified atom stereocenters. The van der Waals surface area contributed by atoms with Gasteiger partial charge in [0, 0.05) is 55.3 Å². The van der Waals surface area contributed by atoms with Crippen molar-refractivity contribution in [2.24, 2.45) is 0 Å². The number of hydrogen-bond acceptors (Lipinski definition) is 3. The van der Waals surface area contributed by atoms with Crippen molar-refractivity contribution in [1.29, 1.82) is 0 Å². The minimum Gasteiger partial charge on any atom is -0.369 e. The van der Waals surface area contributed by atoms with Crippen molar-refractivity contribution < 1.29 is 0 Å². The van der Waals surface area contributed by atoms with Gasteiger partial charge in [-0.3, -0.25) is 4.90 Å². The standard InChI is InChI=1S/C15H23BrClN3/c1-18(2)5-6-19-7-9-20(10-8-19)15-4-3-14(16)11-13(15)12-17/h3-4,11H,5-10,12H2,1-2H3. The Kier molecular flexibility index (Phi) is 6.15. The maximum absolute atomic E-state index is 6.07. The van der Waals surface area contributed by atoms with Gasteiger partial charge in [0.1, 0.15) is 0 Å². The predicted molar refractivity (Wildman–Crippen MR) is 90.9 cm³/mol. The summed E-state index contributed by atoms with van der Waals surface area (Å²) < 4.78 is 1.10. The molecule has 0 saturated carbocycles. The number of likely N-dealkylation sites (N-methyl/N-ethyl adjacent to an activating group) is 1. The molecular formula is C15H23BrClN3. The Morgan fingerprint density at radius 3 is 2.50 bits per heavy atom. The Morgan fingerprint density at radius 1 is 1.20 bits per heavy atom. The van der Waals surface area contributed by atoms with Crippen molar-refractivity contribution in [2.45, 2.75) is 5.88 Å². The number of nitrogens with zero attached hydrogens (tertiary/aromatic N) is 3. The summed E-state index contributed by atoms with van der Waals surface area (Å²) >= 11 is 9.59. The molecule has 112 valence electrons. The zero-order valence-corrected chi connectivity index (χ0v) is 14.6. The van der Waals surface area contributed by atoms with E-state index in [0.29, 0.717) is 5.88 Å². The zero-order chi connectivity index (χ0) is 14.5. The third-order valence-electron chi connectivity index (χ3n) is 3.76. The summed E-state index contributed by atoms with van der Waals surface area (Å²) in [6.45, 7) is 6.71. The van der Waals surface area contributed by atoms with Gasteiger partial charge in [-0.05, 0) is 37.9 Å². The van der Waals surface area contributed by atoms with Crippen LogP contribution in [-0.4, -0.2) is 63.2 Å². The highest BCUT2D eigenvalue weighted by molar-refractivity contribution is 9.10. The van der Waals surface area contributed by atoms with Crippen LogP contribution in [0.2, 0.25) is 0 Å². The van der Waals surface area contributed by atoms with Crippen LogP contribution in [0.1, 0.15) is 5.56 Å². The highest BCUT2D eigenvalue weighted by Crippen LogP contribution is 2.26. The van der Waals surface area contributed by atoms with Crippen LogP contribution in [0.5, 0.6) is 0 Å². The molecule has 5 heteroatoms. The van der Waals surface area contributed by atoms with E-state index in [9.17, 15) is 0 Å². The average molecular weight is 361 g/mol. The number of alkyl halides is 1. The number of hydrogen-bond donors (Lipinski definition) is 0. The van der Waals surface area contributed by atoms with Crippen molar-refractivity contribution in [3.05, 3.63) is 28.2 Å². The van der Waals surface area contributed by atoms with Gasteiger partial charge in [0.2, 0.25) is 0 Å². The van der Waals surface area contributed by atoms with E-state index >= 15 is 0 Å². The molecule has 0 N–H and O–H groups in total. The lowest BCUT2D eigenvalue weighted by Crippen LogP contribution is -2.48. The molecule has 0 bridgehead atoms. The van der Waals surface area contributed by atoms with Crippen molar-refractivity contribution in [2.75, 3.05) is 58.3 Å². The fraction of sp³-hybridized carbons (Fsp3) is 0.600. The Hall–Kier alpha value is -0.290. The van der Waals surface area contributed by atoms with Gasteiger partial charge in [0.25, 0.3) is 0 Å². The van der Waals surface area contributed by atoms with Crippen molar-refractivity contribution >= 4 is 33.2 Å². The molecule has 0 spiro atoms. The summed E-state index contributed by atoms with van der Waals surface area (Å²) in [7, 11) is 4.26. The quantitative estimate of drug-likeness (QED) is 0.748. The molecule has 1 saturated heterocycles. The molecule has 0 amide bonds. The molecule has 1 fully saturated rings. The third kappa shape index (κ3) is 4.35. The minimum absolute atomic E-state index is 0.565. The van der Waals surface area contributed by atoms with Gasteiger partial charge in [-0.2, -0.15) is 0 Å². The summed E-state index contributed by atoms with van der Waals surface area (Å²) in [6, 6.07) is 6.40. The molecular weight excluding hydrogens is 338 g/mol. The van der Waals surface area contributed by atoms with Gasteiger partial charge < -0.3 is 9.80 Å². The molecule has 1 aromatic carbocycles. The van der Waals surface area contributed by atoms with Crippen LogP contribution in [0.25, 0.3) is 0 Å². The fourth-order valence-corrected chi connectivity index (χ4v) is 3.15. The first-order chi connectivity index (χ1) is 9.60. The highest BCUT2D eigenvalue weighted by Gasteiger charge is 2.18. The van der Waals surface area contributed by atoms with Crippen molar-refractivity contribution in [1.82, 2.24) is 9.80 Å². The largest absolute Gasteiger partial charge is 0.369 e. The monoisotopic (exact) mass is 359 g/mol. The molecule has 0 radical (unpaired) electrons. The topological polar surface area (TPSA) is 9.72 Å².